The maximum atomic E-state index is 13.1. The molecule has 0 aliphatic heterocycles. The van der Waals surface area contributed by atoms with Gasteiger partial charge >= 0.3 is 0 Å². The third-order valence-corrected chi connectivity index (χ3v) is 6.72. The van der Waals surface area contributed by atoms with Gasteiger partial charge in [-0.2, -0.15) is 0 Å². The van der Waals surface area contributed by atoms with Crippen molar-refractivity contribution in [3.63, 3.8) is 0 Å². The number of halogens is 1. The highest BCUT2D eigenvalue weighted by Crippen LogP contribution is 2.32. The number of amides is 1. The van der Waals surface area contributed by atoms with Gasteiger partial charge in [-0.05, 0) is 54.6 Å². The summed E-state index contributed by atoms with van der Waals surface area (Å²) in [6.45, 7) is 0.343. The van der Waals surface area contributed by atoms with Gasteiger partial charge in [0, 0.05) is 9.37 Å². The van der Waals surface area contributed by atoms with E-state index in [0.717, 1.165) is 25.3 Å². The number of methoxy groups -OCH3 is 1. The number of hydrogen-bond acceptors (Lipinski definition) is 6. The summed E-state index contributed by atoms with van der Waals surface area (Å²) in [4.78, 5) is 20.5. The first-order valence-corrected chi connectivity index (χ1v) is 11.4. The van der Waals surface area contributed by atoms with Crippen molar-refractivity contribution in [1.29, 1.82) is 0 Å². The molecule has 0 saturated carbocycles. The predicted molar refractivity (Wildman–Crippen MR) is 121 cm³/mol. The van der Waals surface area contributed by atoms with Gasteiger partial charge in [-0.15, -0.1) is 11.8 Å². The lowest BCUT2D eigenvalue weighted by Crippen LogP contribution is -2.31. The molecule has 5 nitrogen and oxygen atoms in total. The Morgan fingerprint density at radius 3 is 2.79 bits per heavy atom. The van der Waals surface area contributed by atoms with Crippen LogP contribution in [0.2, 0.25) is 0 Å². The first kappa shape index (κ1) is 20.0. The molecule has 0 spiro atoms. The van der Waals surface area contributed by atoms with E-state index < -0.39 is 0 Å². The van der Waals surface area contributed by atoms with E-state index in [1.54, 1.807) is 18.3 Å². The SMILES string of the molecule is COc1ccc(SCC(=O)N(Cc2ccco2)c2nc3ccc(Br)cc3s2)cc1. The Balaban J connectivity index is 1.55. The van der Waals surface area contributed by atoms with E-state index in [2.05, 4.69) is 20.9 Å². The molecule has 0 aliphatic rings. The molecule has 0 aliphatic carbocycles. The molecule has 0 saturated heterocycles. The third kappa shape index (κ3) is 4.83. The van der Waals surface area contributed by atoms with Crippen LogP contribution in [0.25, 0.3) is 10.2 Å². The maximum absolute atomic E-state index is 13.1. The van der Waals surface area contributed by atoms with E-state index in [9.17, 15) is 4.79 Å². The van der Waals surface area contributed by atoms with Crippen LogP contribution in [0, 0.1) is 0 Å². The number of furan rings is 1. The van der Waals surface area contributed by atoms with Crippen LogP contribution < -0.4 is 9.64 Å². The lowest BCUT2D eigenvalue weighted by Gasteiger charge is -2.18. The van der Waals surface area contributed by atoms with Crippen molar-refractivity contribution in [2.45, 2.75) is 11.4 Å². The molecule has 1 amide bonds. The minimum absolute atomic E-state index is 0.0275. The lowest BCUT2D eigenvalue weighted by molar-refractivity contribution is -0.116. The van der Waals surface area contributed by atoms with Gasteiger partial charge in [-0.3, -0.25) is 9.69 Å². The van der Waals surface area contributed by atoms with Gasteiger partial charge in [0.2, 0.25) is 5.91 Å². The molecule has 4 aromatic rings. The number of aromatic nitrogens is 1. The summed E-state index contributed by atoms with van der Waals surface area (Å²) in [5.41, 5.74) is 0.869. The summed E-state index contributed by atoms with van der Waals surface area (Å²) in [5, 5.41) is 0.662. The Hall–Kier alpha value is -2.29. The van der Waals surface area contributed by atoms with Crippen LogP contribution in [0.15, 0.2) is 74.6 Å². The quantitative estimate of drug-likeness (QED) is 0.299. The highest BCUT2D eigenvalue weighted by molar-refractivity contribution is 9.10. The normalized spacial score (nSPS) is 11.0. The zero-order chi connectivity index (χ0) is 20.2. The largest absolute Gasteiger partial charge is 0.497 e. The number of benzene rings is 2. The fourth-order valence-corrected chi connectivity index (χ4v) is 5.03. The molecule has 2 heterocycles. The second-order valence-electron chi connectivity index (χ2n) is 6.13. The standard InChI is InChI=1S/C21H17BrN2O3S2/c1-26-15-5-7-17(8-6-15)28-13-20(25)24(12-16-3-2-10-27-16)21-23-18-9-4-14(22)11-19(18)29-21/h2-11H,12-13H2,1H3. The molecule has 2 aromatic carbocycles. The number of anilines is 1. The fourth-order valence-electron chi connectivity index (χ4n) is 2.72. The number of fused-ring (bicyclic) bond motifs is 1. The Labute approximate surface area is 184 Å². The monoisotopic (exact) mass is 488 g/mol. The van der Waals surface area contributed by atoms with E-state index in [4.69, 9.17) is 9.15 Å². The summed E-state index contributed by atoms with van der Waals surface area (Å²) in [5.74, 6) is 1.78. The summed E-state index contributed by atoms with van der Waals surface area (Å²) < 4.78 is 12.7. The number of carbonyl (C=O) groups is 1. The number of rotatable bonds is 7. The van der Waals surface area contributed by atoms with Crippen molar-refractivity contribution in [2.75, 3.05) is 17.8 Å². The molecule has 0 bridgehead atoms. The molecule has 2 aromatic heterocycles. The molecular weight excluding hydrogens is 472 g/mol. The molecule has 0 fully saturated rings. The molecule has 0 radical (unpaired) electrons. The highest BCUT2D eigenvalue weighted by Gasteiger charge is 2.21. The van der Waals surface area contributed by atoms with Gasteiger partial charge in [0.25, 0.3) is 0 Å². The van der Waals surface area contributed by atoms with Crippen molar-refractivity contribution in [2.24, 2.45) is 0 Å². The van der Waals surface area contributed by atoms with E-state index in [1.807, 2.05) is 54.6 Å². The average molecular weight is 489 g/mol. The van der Waals surface area contributed by atoms with Gasteiger partial charge in [-0.25, -0.2) is 4.98 Å². The number of thiazole rings is 1. The van der Waals surface area contributed by atoms with Gasteiger partial charge in [0.15, 0.2) is 5.13 Å². The van der Waals surface area contributed by atoms with Gasteiger partial charge in [0.05, 0.1) is 35.9 Å². The van der Waals surface area contributed by atoms with Crippen molar-refractivity contribution in [1.82, 2.24) is 4.98 Å². The van der Waals surface area contributed by atoms with Crippen LogP contribution in [0.3, 0.4) is 0 Å². The predicted octanol–water partition coefficient (Wildman–Crippen LogP) is 5.99. The van der Waals surface area contributed by atoms with Crippen molar-refractivity contribution in [3.8, 4) is 5.75 Å². The van der Waals surface area contributed by atoms with E-state index in [1.165, 1.54) is 23.1 Å². The maximum Gasteiger partial charge on any atom is 0.239 e. The van der Waals surface area contributed by atoms with E-state index in [0.29, 0.717) is 23.2 Å². The first-order valence-electron chi connectivity index (χ1n) is 8.78. The average Bonchev–Trinajstić information content (AvgIpc) is 3.39. The molecule has 8 heteroatoms. The number of carbonyl (C=O) groups excluding carboxylic acids is 1. The Kier molecular flexibility index (Phi) is 6.22. The van der Waals surface area contributed by atoms with Crippen LogP contribution >= 0.6 is 39.0 Å². The van der Waals surface area contributed by atoms with Gasteiger partial charge < -0.3 is 9.15 Å². The van der Waals surface area contributed by atoms with Crippen LogP contribution in [0.4, 0.5) is 5.13 Å². The number of nitrogens with zero attached hydrogens (tertiary/aromatic N) is 2. The topological polar surface area (TPSA) is 55.6 Å². The zero-order valence-corrected chi connectivity index (χ0v) is 18.7. The molecule has 29 heavy (non-hydrogen) atoms. The van der Waals surface area contributed by atoms with Crippen LogP contribution in [-0.2, 0) is 11.3 Å². The molecule has 4 rings (SSSR count). The Morgan fingerprint density at radius 1 is 1.24 bits per heavy atom. The summed E-state index contributed by atoms with van der Waals surface area (Å²) >= 11 is 6.47. The molecule has 0 N–H and O–H groups in total. The fraction of sp³-hybridized carbons (Fsp3) is 0.143. The first-order chi connectivity index (χ1) is 14.1. The van der Waals surface area contributed by atoms with Crippen LogP contribution in [0.5, 0.6) is 5.75 Å². The number of hydrogen-bond donors (Lipinski definition) is 0. The molecule has 0 atom stereocenters. The number of ether oxygens (including phenoxy) is 1. The third-order valence-electron chi connectivity index (χ3n) is 4.19. The molecule has 0 unspecified atom stereocenters. The second-order valence-corrected chi connectivity index (χ2v) is 9.11. The van der Waals surface area contributed by atoms with Crippen molar-refractivity contribution >= 4 is 60.3 Å². The molecule has 148 valence electrons. The second kappa shape index (κ2) is 9.02. The minimum Gasteiger partial charge on any atom is -0.497 e. The van der Waals surface area contributed by atoms with Crippen LogP contribution in [-0.4, -0.2) is 23.8 Å². The highest BCUT2D eigenvalue weighted by atomic mass is 79.9. The summed E-state index contributed by atoms with van der Waals surface area (Å²) in [7, 11) is 1.63. The van der Waals surface area contributed by atoms with Gasteiger partial charge in [-0.1, -0.05) is 27.3 Å². The minimum atomic E-state index is -0.0275. The smallest absolute Gasteiger partial charge is 0.239 e. The van der Waals surface area contributed by atoms with Crippen molar-refractivity contribution in [3.05, 3.63) is 71.1 Å². The summed E-state index contributed by atoms with van der Waals surface area (Å²) in [6.07, 6.45) is 1.61. The Bertz CT molecular complexity index is 1110. The van der Waals surface area contributed by atoms with Crippen molar-refractivity contribution < 1.29 is 13.9 Å². The summed E-state index contributed by atoms with van der Waals surface area (Å²) in [6, 6.07) is 17.3. The van der Waals surface area contributed by atoms with Gasteiger partial charge in [0.1, 0.15) is 11.5 Å². The lowest BCUT2D eigenvalue weighted by atomic mass is 10.3. The zero-order valence-electron chi connectivity index (χ0n) is 15.5. The van der Waals surface area contributed by atoms with Crippen LogP contribution in [0.1, 0.15) is 5.76 Å². The van der Waals surface area contributed by atoms with E-state index >= 15 is 0 Å². The van der Waals surface area contributed by atoms with E-state index in [-0.39, 0.29) is 5.91 Å². The molecular formula is C21H17BrN2O3S2. The number of thioether (sulfide) groups is 1. The Morgan fingerprint density at radius 2 is 2.07 bits per heavy atom.